The van der Waals surface area contributed by atoms with Gasteiger partial charge in [-0.05, 0) is 51.8 Å². The standard InChI is InChI=1S/C22H18Br2N2O4/c1-28-18-5-3-4-15(21(18)29-2)17-12-16(13-6-8-14(23)9-7-13)25-26(17)22(27)19-10-11-20(24)30-19/h3-11,17H,12H2,1-2H3. The van der Waals surface area contributed by atoms with Crippen LogP contribution in [0, 0.1) is 0 Å². The van der Waals surface area contributed by atoms with Crippen LogP contribution >= 0.6 is 31.9 Å². The molecule has 3 aromatic rings. The van der Waals surface area contributed by atoms with Crippen LogP contribution in [0.5, 0.6) is 11.5 Å². The van der Waals surface area contributed by atoms with Gasteiger partial charge in [0.25, 0.3) is 0 Å². The van der Waals surface area contributed by atoms with Crippen LogP contribution in [0.1, 0.15) is 34.1 Å². The molecule has 4 rings (SSSR count). The highest BCUT2D eigenvalue weighted by molar-refractivity contribution is 9.10. The third-order valence-corrected chi connectivity index (χ3v) is 5.83. The first kappa shape index (κ1) is 20.7. The van der Waals surface area contributed by atoms with Gasteiger partial charge in [0, 0.05) is 16.5 Å². The van der Waals surface area contributed by atoms with Gasteiger partial charge >= 0.3 is 5.91 Å². The number of nitrogens with zero attached hydrogens (tertiary/aromatic N) is 2. The molecule has 1 unspecified atom stereocenters. The normalized spacial score (nSPS) is 15.8. The SMILES string of the molecule is COc1cccc(C2CC(c3ccc(Br)cc3)=NN2C(=O)c2ccc(Br)o2)c1OC. The summed E-state index contributed by atoms with van der Waals surface area (Å²) in [4.78, 5) is 13.3. The zero-order chi connectivity index (χ0) is 21.3. The van der Waals surface area contributed by atoms with Gasteiger partial charge in [-0.3, -0.25) is 4.79 Å². The van der Waals surface area contributed by atoms with Gasteiger partial charge in [-0.15, -0.1) is 0 Å². The number of benzene rings is 2. The third kappa shape index (κ3) is 3.89. The molecule has 1 aliphatic rings. The zero-order valence-corrected chi connectivity index (χ0v) is 19.4. The second-order valence-electron chi connectivity index (χ2n) is 6.61. The number of hydrogen-bond donors (Lipinski definition) is 0. The maximum atomic E-state index is 13.3. The summed E-state index contributed by atoms with van der Waals surface area (Å²) in [6, 6.07) is 16.4. The maximum Gasteiger partial charge on any atom is 0.310 e. The minimum atomic E-state index is -0.370. The zero-order valence-electron chi connectivity index (χ0n) is 16.3. The predicted octanol–water partition coefficient (Wildman–Crippen LogP) is 5.81. The van der Waals surface area contributed by atoms with E-state index < -0.39 is 0 Å². The molecule has 2 heterocycles. The van der Waals surface area contributed by atoms with E-state index in [4.69, 9.17) is 13.9 Å². The molecule has 1 aliphatic heterocycles. The van der Waals surface area contributed by atoms with E-state index in [0.717, 1.165) is 21.3 Å². The van der Waals surface area contributed by atoms with Crippen LogP contribution in [-0.2, 0) is 0 Å². The Balaban J connectivity index is 1.79. The minimum absolute atomic E-state index is 0.203. The second kappa shape index (κ2) is 8.65. The number of furan rings is 1. The smallest absolute Gasteiger partial charge is 0.310 e. The second-order valence-corrected chi connectivity index (χ2v) is 8.31. The number of carbonyl (C=O) groups excluding carboxylic acids is 1. The van der Waals surface area contributed by atoms with Crippen molar-refractivity contribution in [2.75, 3.05) is 14.2 Å². The maximum absolute atomic E-state index is 13.3. The van der Waals surface area contributed by atoms with Crippen molar-refractivity contribution in [3.05, 3.63) is 80.6 Å². The first-order chi connectivity index (χ1) is 14.5. The van der Waals surface area contributed by atoms with Gasteiger partial charge in [0.1, 0.15) is 0 Å². The fourth-order valence-electron chi connectivity index (χ4n) is 3.47. The van der Waals surface area contributed by atoms with E-state index in [1.807, 2.05) is 42.5 Å². The van der Waals surface area contributed by atoms with E-state index in [-0.39, 0.29) is 17.7 Å². The van der Waals surface area contributed by atoms with Gasteiger partial charge < -0.3 is 13.9 Å². The third-order valence-electron chi connectivity index (χ3n) is 4.87. The number of para-hydroxylation sites is 1. The average Bonchev–Trinajstić information content (AvgIpc) is 3.40. The molecule has 0 radical (unpaired) electrons. The van der Waals surface area contributed by atoms with Crippen LogP contribution in [0.15, 0.2) is 73.3 Å². The fourth-order valence-corrected chi connectivity index (χ4v) is 4.04. The summed E-state index contributed by atoms with van der Waals surface area (Å²) in [6.45, 7) is 0. The summed E-state index contributed by atoms with van der Waals surface area (Å²) < 4.78 is 18.0. The Morgan fingerprint density at radius 1 is 1.07 bits per heavy atom. The van der Waals surface area contributed by atoms with Crippen LogP contribution in [0.2, 0.25) is 0 Å². The topological polar surface area (TPSA) is 64.3 Å². The van der Waals surface area contributed by atoms with E-state index in [2.05, 4.69) is 37.0 Å². The lowest BCUT2D eigenvalue weighted by Crippen LogP contribution is -2.27. The summed E-state index contributed by atoms with van der Waals surface area (Å²) in [5.41, 5.74) is 2.56. The summed E-state index contributed by atoms with van der Waals surface area (Å²) in [5, 5.41) is 6.13. The van der Waals surface area contributed by atoms with Crippen LogP contribution in [0.3, 0.4) is 0 Å². The van der Waals surface area contributed by atoms with Gasteiger partial charge in [-0.25, -0.2) is 5.01 Å². The van der Waals surface area contributed by atoms with Crippen molar-refractivity contribution in [2.24, 2.45) is 5.10 Å². The van der Waals surface area contributed by atoms with Crippen molar-refractivity contribution in [3.63, 3.8) is 0 Å². The number of methoxy groups -OCH3 is 2. The molecule has 1 amide bonds. The Morgan fingerprint density at radius 2 is 1.83 bits per heavy atom. The molecule has 8 heteroatoms. The van der Waals surface area contributed by atoms with Crippen molar-refractivity contribution >= 4 is 43.5 Å². The highest BCUT2D eigenvalue weighted by atomic mass is 79.9. The molecule has 6 nitrogen and oxygen atoms in total. The van der Waals surface area contributed by atoms with Gasteiger partial charge in [0.15, 0.2) is 21.9 Å². The molecule has 0 fully saturated rings. The average molecular weight is 534 g/mol. The molecule has 30 heavy (non-hydrogen) atoms. The van der Waals surface area contributed by atoms with Crippen LogP contribution in [-0.4, -0.2) is 30.8 Å². The number of hydrogen-bond acceptors (Lipinski definition) is 5. The Kier molecular flexibility index (Phi) is 5.97. The van der Waals surface area contributed by atoms with Gasteiger partial charge in [-0.1, -0.05) is 40.2 Å². The molecule has 0 N–H and O–H groups in total. The number of halogens is 2. The molecule has 0 saturated heterocycles. The molecule has 154 valence electrons. The van der Waals surface area contributed by atoms with E-state index >= 15 is 0 Å². The Labute approximate surface area is 190 Å². The van der Waals surface area contributed by atoms with E-state index in [0.29, 0.717) is 22.6 Å². The monoisotopic (exact) mass is 532 g/mol. The number of ether oxygens (including phenoxy) is 2. The number of hydrazone groups is 1. The fraction of sp³-hybridized carbons (Fsp3) is 0.182. The molecular formula is C22H18Br2N2O4. The van der Waals surface area contributed by atoms with Gasteiger partial charge in [0.05, 0.1) is 26.0 Å². The predicted molar refractivity (Wildman–Crippen MR) is 120 cm³/mol. The Hall–Kier alpha value is -2.58. The lowest BCUT2D eigenvalue weighted by atomic mass is 9.97. The summed E-state index contributed by atoms with van der Waals surface area (Å²) in [6.07, 6.45) is 0.527. The van der Waals surface area contributed by atoms with Gasteiger partial charge in [-0.2, -0.15) is 5.10 Å². The van der Waals surface area contributed by atoms with Crippen molar-refractivity contribution < 1.29 is 18.7 Å². The van der Waals surface area contributed by atoms with E-state index in [1.165, 1.54) is 5.01 Å². The molecule has 2 aromatic carbocycles. The molecule has 0 spiro atoms. The van der Waals surface area contributed by atoms with Crippen LogP contribution in [0.4, 0.5) is 0 Å². The Morgan fingerprint density at radius 3 is 2.47 bits per heavy atom. The summed E-state index contributed by atoms with van der Waals surface area (Å²) in [7, 11) is 3.17. The van der Waals surface area contributed by atoms with Crippen molar-refractivity contribution in [2.45, 2.75) is 12.5 Å². The van der Waals surface area contributed by atoms with Crippen LogP contribution < -0.4 is 9.47 Å². The number of rotatable bonds is 5. The highest BCUT2D eigenvalue weighted by Crippen LogP contribution is 2.42. The lowest BCUT2D eigenvalue weighted by molar-refractivity contribution is 0.0675. The Bertz CT molecular complexity index is 1110. The van der Waals surface area contributed by atoms with E-state index in [9.17, 15) is 4.79 Å². The minimum Gasteiger partial charge on any atom is -0.493 e. The molecular weight excluding hydrogens is 516 g/mol. The molecule has 0 aliphatic carbocycles. The van der Waals surface area contributed by atoms with Crippen molar-refractivity contribution in [1.29, 1.82) is 0 Å². The molecule has 0 saturated carbocycles. The molecule has 0 bridgehead atoms. The molecule has 1 aromatic heterocycles. The summed E-state index contributed by atoms with van der Waals surface area (Å²) in [5.74, 6) is 1.05. The first-order valence-electron chi connectivity index (χ1n) is 9.15. The van der Waals surface area contributed by atoms with Crippen LogP contribution in [0.25, 0.3) is 0 Å². The largest absolute Gasteiger partial charge is 0.493 e. The number of carbonyl (C=O) groups is 1. The van der Waals surface area contributed by atoms with Crippen molar-refractivity contribution in [3.8, 4) is 11.5 Å². The highest BCUT2D eigenvalue weighted by Gasteiger charge is 2.37. The molecule has 1 atom stereocenters. The first-order valence-corrected chi connectivity index (χ1v) is 10.7. The summed E-state index contributed by atoms with van der Waals surface area (Å²) >= 11 is 6.71. The number of amides is 1. The van der Waals surface area contributed by atoms with E-state index in [1.54, 1.807) is 26.4 Å². The lowest BCUT2D eigenvalue weighted by Gasteiger charge is -2.23. The van der Waals surface area contributed by atoms with Gasteiger partial charge in [0.2, 0.25) is 0 Å². The quantitative estimate of drug-likeness (QED) is 0.415. The van der Waals surface area contributed by atoms with Crippen molar-refractivity contribution in [1.82, 2.24) is 5.01 Å².